The molecule has 1 aliphatic carbocycles. The van der Waals surface area contributed by atoms with Crippen molar-refractivity contribution in [3.05, 3.63) is 60.2 Å². The van der Waals surface area contributed by atoms with Crippen molar-refractivity contribution in [2.75, 3.05) is 26.7 Å². The molecule has 2 heterocycles. The lowest BCUT2D eigenvalue weighted by atomic mass is 9.75. The molecule has 3 amide bonds. The summed E-state index contributed by atoms with van der Waals surface area (Å²) in [6, 6.07) is 17.8. The summed E-state index contributed by atoms with van der Waals surface area (Å²) in [5.41, 5.74) is 1.69. The molecular formula is C28H32N2O4. The van der Waals surface area contributed by atoms with Crippen LogP contribution in [0.1, 0.15) is 44.1 Å². The topological polar surface area (TPSA) is 66.9 Å². The van der Waals surface area contributed by atoms with Crippen LogP contribution in [-0.4, -0.2) is 60.4 Å². The van der Waals surface area contributed by atoms with Gasteiger partial charge in [-0.15, -0.1) is 0 Å². The summed E-state index contributed by atoms with van der Waals surface area (Å²) in [4.78, 5) is 42.8. The van der Waals surface area contributed by atoms with Gasteiger partial charge in [-0.3, -0.25) is 19.3 Å². The van der Waals surface area contributed by atoms with Crippen molar-refractivity contribution in [2.24, 2.45) is 5.92 Å². The van der Waals surface area contributed by atoms with E-state index in [0.29, 0.717) is 19.0 Å². The Hall–Kier alpha value is -2.99. The van der Waals surface area contributed by atoms with Gasteiger partial charge in [0.25, 0.3) is 0 Å². The first-order valence-corrected chi connectivity index (χ1v) is 12.3. The largest absolute Gasteiger partial charge is 0.376 e. The predicted molar refractivity (Wildman–Crippen MR) is 129 cm³/mol. The first-order valence-electron chi connectivity index (χ1n) is 12.3. The van der Waals surface area contributed by atoms with Gasteiger partial charge in [0.05, 0.1) is 11.5 Å². The molecule has 0 aromatic heterocycles. The Morgan fingerprint density at radius 1 is 1.00 bits per heavy atom. The second kappa shape index (κ2) is 9.34. The van der Waals surface area contributed by atoms with Crippen molar-refractivity contribution in [3.8, 4) is 11.1 Å². The van der Waals surface area contributed by atoms with Crippen molar-refractivity contribution in [2.45, 2.75) is 50.0 Å². The molecule has 6 nitrogen and oxygen atoms in total. The molecule has 6 heteroatoms. The quantitative estimate of drug-likeness (QED) is 0.562. The average Bonchev–Trinajstić information content (AvgIpc) is 3.48. The number of nitrogens with zero attached hydrogens (tertiary/aromatic N) is 2. The summed E-state index contributed by atoms with van der Waals surface area (Å²) in [6.45, 7) is 2.02. The third kappa shape index (κ3) is 4.51. The number of carbonyl (C=O) groups excluding carboxylic acids is 3. The molecule has 1 saturated carbocycles. The Kier molecular flexibility index (Phi) is 6.26. The van der Waals surface area contributed by atoms with E-state index in [9.17, 15) is 14.4 Å². The normalized spacial score (nSPS) is 24.6. The monoisotopic (exact) mass is 460 g/mol. The molecule has 3 fully saturated rings. The van der Waals surface area contributed by atoms with E-state index in [1.54, 1.807) is 0 Å². The molecule has 2 aromatic carbocycles. The van der Waals surface area contributed by atoms with Crippen LogP contribution in [-0.2, 0) is 24.5 Å². The van der Waals surface area contributed by atoms with Crippen LogP contribution in [0, 0.1) is 5.92 Å². The molecule has 0 N–H and O–H groups in total. The number of hydrogen-bond donors (Lipinski definition) is 0. The zero-order valence-electron chi connectivity index (χ0n) is 19.7. The highest BCUT2D eigenvalue weighted by Gasteiger charge is 2.53. The van der Waals surface area contributed by atoms with Crippen LogP contribution in [0.4, 0.5) is 0 Å². The molecule has 0 bridgehead atoms. The summed E-state index contributed by atoms with van der Waals surface area (Å²) in [5, 5.41) is 0. The molecule has 2 aliphatic heterocycles. The predicted octanol–water partition coefficient (Wildman–Crippen LogP) is 3.79. The van der Waals surface area contributed by atoms with Gasteiger partial charge in [0, 0.05) is 39.6 Å². The van der Waals surface area contributed by atoms with E-state index in [2.05, 4.69) is 0 Å². The van der Waals surface area contributed by atoms with Gasteiger partial charge in [0.1, 0.15) is 0 Å². The third-order valence-electron chi connectivity index (χ3n) is 7.51. The Morgan fingerprint density at radius 2 is 1.71 bits per heavy atom. The van der Waals surface area contributed by atoms with Gasteiger partial charge in [-0.2, -0.15) is 0 Å². The standard InChI is InChI=1S/C28H32N2O4/c1-29-25(31)16-28(27(29)33,23-13-11-22(12-14-23)21-6-3-2-4-7-21)17-26(32)30(18-20-9-10-20)19-24-8-5-15-34-24/h2-4,6-7,11-14,20,24H,5,8-10,15-19H2,1H3/t24-,28+/m0/s1. The fourth-order valence-corrected chi connectivity index (χ4v) is 5.26. The molecule has 178 valence electrons. The maximum Gasteiger partial charge on any atom is 0.240 e. The summed E-state index contributed by atoms with van der Waals surface area (Å²) in [7, 11) is 1.52. The van der Waals surface area contributed by atoms with Gasteiger partial charge in [0.15, 0.2) is 0 Å². The molecule has 3 aliphatic rings. The Labute approximate surface area is 200 Å². The van der Waals surface area contributed by atoms with Crippen molar-refractivity contribution in [1.29, 1.82) is 0 Å². The molecule has 2 atom stereocenters. The summed E-state index contributed by atoms with van der Waals surface area (Å²) in [6.07, 6.45) is 4.35. The first-order chi connectivity index (χ1) is 16.5. The van der Waals surface area contributed by atoms with Crippen LogP contribution >= 0.6 is 0 Å². The van der Waals surface area contributed by atoms with E-state index in [0.717, 1.165) is 49.0 Å². The van der Waals surface area contributed by atoms with Crippen molar-refractivity contribution in [1.82, 2.24) is 9.80 Å². The Morgan fingerprint density at radius 3 is 2.29 bits per heavy atom. The Balaban J connectivity index is 1.43. The molecule has 34 heavy (non-hydrogen) atoms. The van der Waals surface area contributed by atoms with Crippen LogP contribution in [0.3, 0.4) is 0 Å². The highest BCUT2D eigenvalue weighted by atomic mass is 16.5. The van der Waals surface area contributed by atoms with Crippen LogP contribution in [0.2, 0.25) is 0 Å². The van der Waals surface area contributed by atoms with E-state index < -0.39 is 5.41 Å². The second-order valence-electron chi connectivity index (χ2n) is 10.0. The van der Waals surface area contributed by atoms with E-state index in [4.69, 9.17) is 4.74 Å². The number of likely N-dealkylation sites (N-methyl/N-ethyl adjacent to an activating group) is 1. The van der Waals surface area contributed by atoms with Crippen molar-refractivity contribution >= 4 is 17.7 Å². The number of likely N-dealkylation sites (tertiary alicyclic amines) is 1. The van der Waals surface area contributed by atoms with Crippen LogP contribution in [0.15, 0.2) is 54.6 Å². The summed E-state index contributed by atoms with van der Waals surface area (Å²) in [5.74, 6) is -0.0550. The Bertz CT molecular complexity index is 1060. The minimum atomic E-state index is -1.16. The zero-order chi connectivity index (χ0) is 23.7. The van der Waals surface area contributed by atoms with Gasteiger partial charge >= 0.3 is 0 Å². The first kappa shape index (κ1) is 22.8. The van der Waals surface area contributed by atoms with Gasteiger partial charge in [-0.1, -0.05) is 54.6 Å². The smallest absolute Gasteiger partial charge is 0.240 e. The molecule has 2 aromatic rings. The third-order valence-corrected chi connectivity index (χ3v) is 7.51. The van der Waals surface area contributed by atoms with Crippen LogP contribution in [0.25, 0.3) is 11.1 Å². The minimum absolute atomic E-state index is 0.00599. The fourth-order valence-electron chi connectivity index (χ4n) is 5.26. The number of imide groups is 1. The van der Waals surface area contributed by atoms with Crippen LogP contribution in [0.5, 0.6) is 0 Å². The zero-order valence-corrected chi connectivity index (χ0v) is 19.7. The fraction of sp³-hybridized carbons (Fsp3) is 0.464. The lowest BCUT2D eigenvalue weighted by Gasteiger charge is -2.31. The SMILES string of the molecule is CN1C(=O)C[C@@](CC(=O)N(CC2CC2)C[C@@H]2CCCO2)(c2ccc(-c3ccccc3)cc2)C1=O. The van der Waals surface area contributed by atoms with E-state index in [1.165, 1.54) is 11.9 Å². The number of carbonyl (C=O) groups is 3. The van der Waals surface area contributed by atoms with E-state index in [-0.39, 0.29) is 36.7 Å². The maximum atomic E-state index is 13.7. The molecule has 2 saturated heterocycles. The molecule has 0 unspecified atom stereocenters. The lowest BCUT2D eigenvalue weighted by molar-refractivity contribution is -0.142. The number of ether oxygens (including phenoxy) is 1. The highest BCUT2D eigenvalue weighted by molar-refractivity contribution is 6.10. The molecule has 0 radical (unpaired) electrons. The van der Waals surface area contributed by atoms with E-state index >= 15 is 0 Å². The van der Waals surface area contributed by atoms with Crippen LogP contribution < -0.4 is 0 Å². The highest BCUT2D eigenvalue weighted by Crippen LogP contribution is 2.41. The van der Waals surface area contributed by atoms with Crippen molar-refractivity contribution in [3.63, 3.8) is 0 Å². The number of amides is 3. The van der Waals surface area contributed by atoms with Gasteiger partial charge < -0.3 is 9.64 Å². The molecular weight excluding hydrogens is 428 g/mol. The van der Waals surface area contributed by atoms with Gasteiger partial charge in [-0.05, 0) is 48.3 Å². The summed E-state index contributed by atoms with van der Waals surface area (Å²) >= 11 is 0. The number of hydrogen-bond acceptors (Lipinski definition) is 4. The lowest BCUT2D eigenvalue weighted by Crippen LogP contribution is -2.45. The van der Waals surface area contributed by atoms with Crippen molar-refractivity contribution < 1.29 is 19.1 Å². The van der Waals surface area contributed by atoms with Gasteiger partial charge in [-0.25, -0.2) is 0 Å². The average molecular weight is 461 g/mol. The molecule has 0 spiro atoms. The van der Waals surface area contributed by atoms with Gasteiger partial charge in [0.2, 0.25) is 17.7 Å². The minimum Gasteiger partial charge on any atom is -0.376 e. The molecule has 5 rings (SSSR count). The summed E-state index contributed by atoms with van der Waals surface area (Å²) < 4.78 is 5.80. The van der Waals surface area contributed by atoms with E-state index in [1.807, 2.05) is 59.5 Å². The number of benzene rings is 2. The maximum absolute atomic E-state index is 13.7. The second-order valence-corrected chi connectivity index (χ2v) is 10.0. The number of rotatable bonds is 8.